The molecule has 5 aliphatic rings. The Morgan fingerprint density at radius 3 is 2.28 bits per heavy atom. The number of Topliss-reactive ketones (excluding diaryl/α,β-unsaturated/α-hetero) is 1. The summed E-state index contributed by atoms with van der Waals surface area (Å²) in [6.07, 6.45) is 8.46. The van der Waals surface area contributed by atoms with Crippen LogP contribution in [0.15, 0.2) is 23.3 Å². The smallest absolute Gasteiger partial charge is 0.246 e. The van der Waals surface area contributed by atoms with E-state index in [2.05, 4.69) is 39.1 Å². The molecule has 3 N–H and O–H groups in total. The van der Waals surface area contributed by atoms with Crippen LogP contribution in [0.25, 0.3) is 0 Å². The summed E-state index contributed by atoms with van der Waals surface area (Å²) in [5, 5.41) is 35.1. The van der Waals surface area contributed by atoms with Gasteiger partial charge in [0.2, 0.25) is 5.91 Å². The third-order valence-electron chi connectivity index (χ3n) is 12.8. The van der Waals surface area contributed by atoms with Gasteiger partial charge in [-0.3, -0.25) is 14.4 Å². The van der Waals surface area contributed by atoms with Gasteiger partial charge in [0.15, 0.2) is 11.6 Å². The van der Waals surface area contributed by atoms with E-state index in [4.69, 9.17) is 0 Å². The van der Waals surface area contributed by atoms with Gasteiger partial charge in [0.1, 0.15) is 18.3 Å². The number of nitriles is 1. The van der Waals surface area contributed by atoms with Crippen molar-refractivity contribution in [2.75, 3.05) is 6.61 Å². The lowest BCUT2D eigenvalue weighted by atomic mass is 9.33. The number of nitrogens with zero attached hydrogens (tertiary/aromatic N) is 1. The summed E-state index contributed by atoms with van der Waals surface area (Å²) in [7, 11) is 0. The van der Waals surface area contributed by atoms with E-state index in [1.54, 1.807) is 6.08 Å². The Kier molecular flexibility index (Phi) is 5.89. The second-order valence-electron chi connectivity index (χ2n) is 15.1. The van der Waals surface area contributed by atoms with Crippen molar-refractivity contribution in [3.63, 3.8) is 0 Å². The molecule has 5 aliphatic carbocycles. The predicted molar refractivity (Wildman–Crippen MR) is 146 cm³/mol. The van der Waals surface area contributed by atoms with Crippen molar-refractivity contribution in [3.8, 4) is 6.07 Å². The van der Waals surface area contributed by atoms with Crippen LogP contribution in [0.4, 0.5) is 0 Å². The van der Waals surface area contributed by atoms with Crippen LogP contribution in [0.1, 0.15) is 93.4 Å². The summed E-state index contributed by atoms with van der Waals surface area (Å²) in [4.78, 5) is 39.8. The number of ketones is 2. The summed E-state index contributed by atoms with van der Waals surface area (Å²) in [6.45, 7) is 13.7. The lowest BCUT2D eigenvalue weighted by molar-refractivity contribution is -0.240. The van der Waals surface area contributed by atoms with Crippen molar-refractivity contribution in [2.24, 2.45) is 38.9 Å². The minimum absolute atomic E-state index is 0.0583. The molecule has 7 heteroatoms. The number of allylic oxidation sites excluding steroid dienone is 3. The number of aliphatic hydroxyl groups excluding tert-OH is 1. The highest BCUT2D eigenvalue weighted by Crippen LogP contribution is 2.75. The van der Waals surface area contributed by atoms with Crippen LogP contribution in [0.2, 0.25) is 0 Å². The van der Waals surface area contributed by atoms with Crippen LogP contribution >= 0.6 is 0 Å². The van der Waals surface area contributed by atoms with Gasteiger partial charge in [-0.25, -0.2) is 0 Å². The highest BCUT2D eigenvalue weighted by atomic mass is 16.3. The van der Waals surface area contributed by atoms with Crippen LogP contribution in [0, 0.1) is 50.2 Å². The molecular formula is C32H44N2O5. The van der Waals surface area contributed by atoms with E-state index in [1.165, 1.54) is 0 Å². The van der Waals surface area contributed by atoms with Gasteiger partial charge in [0, 0.05) is 27.7 Å². The molecule has 7 nitrogen and oxygen atoms in total. The van der Waals surface area contributed by atoms with Crippen molar-refractivity contribution < 1.29 is 24.6 Å². The number of rotatable bonds is 2. The van der Waals surface area contributed by atoms with Gasteiger partial charge in [0.05, 0.1) is 5.57 Å². The molecule has 0 unspecified atom stereocenters. The van der Waals surface area contributed by atoms with Crippen LogP contribution in [-0.4, -0.2) is 45.4 Å². The number of amides is 1. The SMILES string of the molecule is CC1(C)C(=O)C(C#N)=C[C@]2(C)C3=CC(=O)[C@]4(O)[C@@H]5C[C@@](C)(NC(=O)CO)CC[C@]5(C)CC[C@@]4(C)[C@]3(C)CC[C@@H]12. The first-order valence-electron chi connectivity index (χ1n) is 14.5. The Morgan fingerprint density at radius 2 is 1.67 bits per heavy atom. The average Bonchev–Trinajstić information content (AvgIpc) is 2.86. The summed E-state index contributed by atoms with van der Waals surface area (Å²) in [5.41, 5.74) is -4.14. The molecule has 3 saturated carbocycles. The van der Waals surface area contributed by atoms with Crippen molar-refractivity contribution >= 4 is 17.5 Å². The fourth-order valence-corrected chi connectivity index (χ4v) is 10.2. The summed E-state index contributed by atoms with van der Waals surface area (Å²) in [6, 6.07) is 2.13. The fraction of sp³-hybridized carbons (Fsp3) is 0.750. The number of carbonyl (C=O) groups is 3. The van der Waals surface area contributed by atoms with Gasteiger partial charge in [-0.2, -0.15) is 5.26 Å². The van der Waals surface area contributed by atoms with Gasteiger partial charge in [0.25, 0.3) is 0 Å². The minimum atomic E-state index is -1.63. The summed E-state index contributed by atoms with van der Waals surface area (Å²) in [5.74, 6) is -1.31. The second kappa shape index (κ2) is 8.13. The van der Waals surface area contributed by atoms with Crippen molar-refractivity contribution in [1.29, 1.82) is 5.26 Å². The van der Waals surface area contributed by atoms with Crippen LogP contribution in [0.3, 0.4) is 0 Å². The van der Waals surface area contributed by atoms with Crippen molar-refractivity contribution in [2.45, 2.75) is 105 Å². The fourth-order valence-electron chi connectivity index (χ4n) is 10.2. The number of fused-ring (bicyclic) bond motifs is 7. The maximum absolute atomic E-state index is 14.4. The molecule has 0 aromatic carbocycles. The van der Waals surface area contributed by atoms with E-state index in [9.17, 15) is 29.9 Å². The molecular weight excluding hydrogens is 492 g/mol. The Morgan fingerprint density at radius 1 is 1.03 bits per heavy atom. The Labute approximate surface area is 232 Å². The van der Waals surface area contributed by atoms with Gasteiger partial charge >= 0.3 is 0 Å². The van der Waals surface area contributed by atoms with Gasteiger partial charge in [-0.15, -0.1) is 0 Å². The van der Waals surface area contributed by atoms with E-state index in [-0.39, 0.29) is 34.4 Å². The third kappa shape index (κ3) is 3.31. The molecule has 0 aliphatic heterocycles. The summed E-state index contributed by atoms with van der Waals surface area (Å²) >= 11 is 0. The van der Waals surface area contributed by atoms with Gasteiger partial charge in [-0.1, -0.05) is 47.6 Å². The molecule has 3 fully saturated rings. The number of aliphatic hydroxyl groups is 2. The molecule has 39 heavy (non-hydrogen) atoms. The molecule has 0 heterocycles. The largest absolute Gasteiger partial charge is 0.387 e. The second-order valence-corrected chi connectivity index (χ2v) is 15.1. The van der Waals surface area contributed by atoms with E-state index in [0.717, 1.165) is 37.7 Å². The molecule has 212 valence electrons. The average molecular weight is 537 g/mol. The lowest BCUT2D eigenvalue weighted by Gasteiger charge is -2.71. The quantitative estimate of drug-likeness (QED) is 0.486. The van der Waals surface area contributed by atoms with Gasteiger partial charge < -0.3 is 15.5 Å². The molecule has 0 aromatic rings. The number of carbonyl (C=O) groups excluding carboxylic acids is 3. The van der Waals surface area contributed by atoms with Crippen LogP contribution in [-0.2, 0) is 14.4 Å². The number of hydrogen-bond acceptors (Lipinski definition) is 6. The van der Waals surface area contributed by atoms with E-state index in [0.29, 0.717) is 12.8 Å². The van der Waals surface area contributed by atoms with E-state index >= 15 is 0 Å². The Hall–Kier alpha value is -2.30. The topological polar surface area (TPSA) is 127 Å². The molecule has 5 rings (SSSR count). The highest BCUT2D eigenvalue weighted by molar-refractivity contribution is 6.05. The zero-order valence-electron chi connectivity index (χ0n) is 24.5. The Bertz CT molecular complexity index is 1280. The molecule has 1 amide bonds. The first kappa shape index (κ1) is 28.2. The van der Waals surface area contributed by atoms with E-state index < -0.39 is 45.3 Å². The number of hydrogen-bond donors (Lipinski definition) is 3. The molecule has 0 radical (unpaired) electrons. The molecule has 0 aromatic heterocycles. The zero-order valence-corrected chi connectivity index (χ0v) is 24.5. The molecule has 0 saturated heterocycles. The van der Waals surface area contributed by atoms with Crippen molar-refractivity contribution in [3.05, 3.63) is 23.3 Å². The van der Waals surface area contributed by atoms with Gasteiger partial charge in [-0.05, 0) is 80.3 Å². The summed E-state index contributed by atoms with van der Waals surface area (Å²) < 4.78 is 0. The first-order chi connectivity index (χ1) is 17.9. The lowest BCUT2D eigenvalue weighted by Crippen LogP contribution is -2.74. The zero-order chi connectivity index (χ0) is 29.0. The molecule has 0 spiro atoms. The van der Waals surface area contributed by atoms with E-state index in [1.807, 2.05) is 26.8 Å². The molecule has 0 bridgehead atoms. The maximum atomic E-state index is 14.4. The Balaban J connectivity index is 1.68. The first-order valence-corrected chi connectivity index (χ1v) is 14.5. The van der Waals surface area contributed by atoms with Crippen LogP contribution < -0.4 is 5.32 Å². The van der Waals surface area contributed by atoms with Crippen LogP contribution in [0.5, 0.6) is 0 Å². The maximum Gasteiger partial charge on any atom is 0.246 e. The predicted octanol–water partition coefficient (Wildman–Crippen LogP) is 4.18. The minimum Gasteiger partial charge on any atom is -0.387 e. The highest BCUT2D eigenvalue weighted by Gasteiger charge is 2.75. The standard InChI is InChI=1S/C32H44N2O5/c1-26(2)20-8-9-30(6)21(29(20,5)15-19(17-33)25(26)38)14-23(36)32(39)22-16-28(4,34-24(37)18-35)12-10-27(22,3)11-13-31(30,32)7/h14-15,20,22,35,39H,8-13,16,18H2,1-7H3,(H,34,37)/t20-,22+,27+,28-,29-,30+,31-,32+/m0/s1. The molecule has 8 atom stereocenters. The number of nitrogens with one attached hydrogen (secondary N) is 1. The normalized spacial score (nSPS) is 48.3. The monoisotopic (exact) mass is 536 g/mol. The third-order valence-corrected chi connectivity index (χ3v) is 12.8. The van der Waals surface area contributed by atoms with Crippen molar-refractivity contribution in [1.82, 2.24) is 5.32 Å².